The van der Waals surface area contributed by atoms with Crippen LogP contribution in [0.5, 0.6) is 0 Å². The molecule has 2 nitrogen and oxygen atoms in total. The number of rotatable bonds is 1. The number of aromatic nitrogens is 1. The van der Waals surface area contributed by atoms with E-state index in [-0.39, 0.29) is 0 Å². The van der Waals surface area contributed by atoms with Gasteiger partial charge in [0, 0.05) is 16.6 Å². The van der Waals surface area contributed by atoms with Gasteiger partial charge in [0.1, 0.15) is 4.60 Å². The molecule has 1 aromatic heterocycles. The van der Waals surface area contributed by atoms with Crippen molar-refractivity contribution < 1.29 is 0 Å². The van der Waals surface area contributed by atoms with Gasteiger partial charge in [0.2, 0.25) is 0 Å². The predicted molar refractivity (Wildman–Crippen MR) is 79.3 cm³/mol. The molecule has 18 heavy (non-hydrogen) atoms. The largest absolute Gasteiger partial charge is 0.399 e. The van der Waals surface area contributed by atoms with Gasteiger partial charge in [-0.1, -0.05) is 30.3 Å². The second-order valence-electron chi connectivity index (χ2n) is 4.14. The summed E-state index contributed by atoms with van der Waals surface area (Å²) in [7, 11) is 0. The summed E-state index contributed by atoms with van der Waals surface area (Å²) in [6.07, 6.45) is 0. The number of anilines is 1. The molecule has 0 amide bonds. The van der Waals surface area contributed by atoms with Crippen molar-refractivity contribution >= 4 is 32.5 Å². The Morgan fingerprint density at radius 2 is 1.67 bits per heavy atom. The second-order valence-corrected chi connectivity index (χ2v) is 4.89. The molecule has 1 heterocycles. The van der Waals surface area contributed by atoms with Crippen LogP contribution >= 0.6 is 15.9 Å². The maximum Gasteiger partial charge on any atom is 0.114 e. The standard InChI is InChI=1S/C15H11BrN2/c16-15-13(10-5-7-12(17)8-6-10)9-11-3-1-2-4-14(11)18-15/h1-9H,17H2. The third kappa shape index (κ3) is 1.97. The average molecular weight is 299 g/mol. The normalized spacial score (nSPS) is 10.7. The number of hydrogen-bond acceptors (Lipinski definition) is 2. The lowest BCUT2D eigenvalue weighted by Crippen LogP contribution is -1.88. The summed E-state index contributed by atoms with van der Waals surface area (Å²) in [5.74, 6) is 0. The van der Waals surface area contributed by atoms with E-state index in [1.807, 2.05) is 42.5 Å². The lowest BCUT2D eigenvalue weighted by atomic mass is 10.1. The molecule has 0 aliphatic carbocycles. The van der Waals surface area contributed by atoms with Crippen LogP contribution in [0, 0.1) is 0 Å². The Kier molecular flexibility index (Phi) is 2.76. The Morgan fingerprint density at radius 1 is 0.944 bits per heavy atom. The SMILES string of the molecule is Nc1ccc(-c2cc3ccccc3nc2Br)cc1. The maximum absolute atomic E-state index is 5.71. The molecule has 3 heteroatoms. The minimum Gasteiger partial charge on any atom is -0.399 e. The van der Waals surface area contributed by atoms with Crippen molar-refractivity contribution in [3.8, 4) is 11.1 Å². The van der Waals surface area contributed by atoms with Crippen LogP contribution in [0.3, 0.4) is 0 Å². The number of benzene rings is 2. The molecule has 0 fully saturated rings. The number of nitrogen functional groups attached to an aromatic ring is 1. The summed E-state index contributed by atoms with van der Waals surface area (Å²) in [4.78, 5) is 4.56. The lowest BCUT2D eigenvalue weighted by molar-refractivity contribution is 1.35. The maximum atomic E-state index is 5.71. The zero-order valence-electron chi connectivity index (χ0n) is 9.60. The third-order valence-electron chi connectivity index (χ3n) is 2.90. The highest BCUT2D eigenvalue weighted by Gasteiger charge is 2.06. The van der Waals surface area contributed by atoms with Gasteiger partial charge in [0.15, 0.2) is 0 Å². The topological polar surface area (TPSA) is 38.9 Å². The highest BCUT2D eigenvalue weighted by atomic mass is 79.9. The van der Waals surface area contributed by atoms with E-state index in [0.717, 1.165) is 32.3 Å². The molecule has 0 aliphatic heterocycles. The lowest BCUT2D eigenvalue weighted by Gasteiger charge is -2.07. The third-order valence-corrected chi connectivity index (χ3v) is 3.50. The molecule has 3 rings (SSSR count). The van der Waals surface area contributed by atoms with Gasteiger partial charge in [-0.3, -0.25) is 0 Å². The summed E-state index contributed by atoms with van der Waals surface area (Å²) in [6, 6.07) is 18.0. The van der Waals surface area contributed by atoms with Crippen molar-refractivity contribution in [1.29, 1.82) is 0 Å². The van der Waals surface area contributed by atoms with E-state index in [1.165, 1.54) is 0 Å². The molecule has 88 valence electrons. The van der Waals surface area contributed by atoms with Gasteiger partial charge in [-0.05, 0) is 45.8 Å². The minimum absolute atomic E-state index is 0.767. The number of pyridine rings is 1. The summed E-state index contributed by atoms with van der Waals surface area (Å²) in [6.45, 7) is 0. The number of hydrogen-bond donors (Lipinski definition) is 1. The second kappa shape index (κ2) is 4.42. The van der Waals surface area contributed by atoms with Gasteiger partial charge < -0.3 is 5.73 Å². The quantitative estimate of drug-likeness (QED) is 0.539. The van der Waals surface area contributed by atoms with Crippen molar-refractivity contribution in [2.24, 2.45) is 0 Å². The van der Waals surface area contributed by atoms with Crippen LogP contribution in [0.4, 0.5) is 5.69 Å². The van der Waals surface area contributed by atoms with E-state index in [0.29, 0.717) is 0 Å². The van der Waals surface area contributed by atoms with E-state index in [1.54, 1.807) is 0 Å². The van der Waals surface area contributed by atoms with Crippen LogP contribution in [0.2, 0.25) is 0 Å². The first kappa shape index (κ1) is 11.2. The van der Waals surface area contributed by atoms with E-state index in [9.17, 15) is 0 Å². The average Bonchev–Trinajstić information content (AvgIpc) is 2.39. The van der Waals surface area contributed by atoms with E-state index < -0.39 is 0 Å². The molecule has 0 atom stereocenters. The first-order chi connectivity index (χ1) is 8.74. The number of fused-ring (bicyclic) bond motifs is 1. The predicted octanol–water partition coefficient (Wildman–Crippen LogP) is 4.25. The van der Waals surface area contributed by atoms with Crippen LogP contribution in [-0.2, 0) is 0 Å². The fraction of sp³-hybridized carbons (Fsp3) is 0. The summed E-state index contributed by atoms with van der Waals surface area (Å²) in [5.41, 5.74) is 9.65. The number of para-hydroxylation sites is 1. The van der Waals surface area contributed by atoms with Crippen molar-refractivity contribution in [3.63, 3.8) is 0 Å². The Morgan fingerprint density at radius 3 is 2.44 bits per heavy atom. The highest BCUT2D eigenvalue weighted by Crippen LogP contribution is 2.30. The Labute approximate surface area is 114 Å². The molecule has 2 aromatic carbocycles. The van der Waals surface area contributed by atoms with E-state index >= 15 is 0 Å². The highest BCUT2D eigenvalue weighted by molar-refractivity contribution is 9.10. The zero-order chi connectivity index (χ0) is 12.5. The van der Waals surface area contributed by atoms with Crippen molar-refractivity contribution in [3.05, 3.63) is 59.2 Å². The molecule has 0 saturated carbocycles. The van der Waals surface area contributed by atoms with Crippen molar-refractivity contribution in [2.75, 3.05) is 5.73 Å². The van der Waals surface area contributed by atoms with Crippen LogP contribution in [0.1, 0.15) is 0 Å². The molecule has 0 saturated heterocycles. The number of nitrogens with zero attached hydrogens (tertiary/aromatic N) is 1. The van der Waals surface area contributed by atoms with Crippen LogP contribution < -0.4 is 5.73 Å². The Balaban J connectivity index is 2.22. The molecule has 0 aliphatic rings. The van der Waals surface area contributed by atoms with Gasteiger partial charge in [0.25, 0.3) is 0 Å². The van der Waals surface area contributed by atoms with Crippen molar-refractivity contribution in [2.45, 2.75) is 0 Å². The van der Waals surface area contributed by atoms with Gasteiger partial charge in [0.05, 0.1) is 5.52 Å². The smallest absolute Gasteiger partial charge is 0.114 e. The monoisotopic (exact) mass is 298 g/mol. The molecule has 0 radical (unpaired) electrons. The molecule has 0 bridgehead atoms. The fourth-order valence-electron chi connectivity index (χ4n) is 1.96. The minimum atomic E-state index is 0.767. The number of halogens is 1. The summed E-state index contributed by atoms with van der Waals surface area (Å²) >= 11 is 3.53. The Bertz CT molecular complexity index is 705. The van der Waals surface area contributed by atoms with E-state index in [4.69, 9.17) is 5.73 Å². The summed E-state index contributed by atoms with van der Waals surface area (Å²) in [5, 5.41) is 1.13. The van der Waals surface area contributed by atoms with E-state index in [2.05, 4.69) is 33.0 Å². The zero-order valence-corrected chi connectivity index (χ0v) is 11.2. The van der Waals surface area contributed by atoms with Gasteiger partial charge in [-0.25, -0.2) is 4.98 Å². The van der Waals surface area contributed by atoms with Gasteiger partial charge in [-0.15, -0.1) is 0 Å². The number of nitrogens with two attached hydrogens (primary N) is 1. The molecule has 3 aromatic rings. The van der Waals surface area contributed by atoms with Crippen LogP contribution in [0.25, 0.3) is 22.0 Å². The first-order valence-electron chi connectivity index (χ1n) is 5.65. The van der Waals surface area contributed by atoms with Crippen molar-refractivity contribution in [1.82, 2.24) is 4.98 Å². The Hall–Kier alpha value is -1.87. The molecule has 2 N–H and O–H groups in total. The summed E-state index contributed by atoms with van der Waals surface area (Å²) < 4.78 is 0.853. The van der Waals surface area contributed by atoms with Gasteiger partial charge >= 0.3 is 0 Å². The first-order valence-corrected chi connectivity index (χ1v) is 6.44. The molecular weight excluding hydrogens is 288 g/mol. The molecule has 0 unspecified atom stereocenters. The molecular formula is C15H11BrN2. The van der Waals surface area contributed by atoms with Crippen LogP contribution in [-0.4, -0.2) is 4.98 Å². The fourth-order valence-corrected chi connectivity index (χ4v) is 2.49. The molecule has 0 spiro atoms. The van der Waals surface area contributed by atoms with Crippen LogP contribution in [0.15, 0.2) is 59.2 Å². The van der Waals surface area contributed by atoms with Gasteiger partial charge in [-0.2, -0.15) is 0 Å².